The average Bonchev–Trinajstić information content (AvgIpc) is 3.28. The standard InChI is InChI=1S/C57H98O6/c1-4-7-10-13-16-19-22-25-28-30-32-35-38-41-44-47-50-56(59)62-53-54(52-61-55(58)49-46-43-40-37-34-31-27-24-21-18-15-12-9-6-3)63-57(60)51-48-45-42-39-36-33-29-26-23-20-17-14-11-8-5-2/h8,11,15,17-18,20,24,26-27,29,36,39,54H,4-7,9-10,12-14,16,19,21-23,25,28,30-35,37-38,40-53H2,1-3H3/b11-8-,18-15-,20-17-,27-24-,29-26-,39-36-/t54-/m1/s1. The van der Waals surface area contributed by atoms with Gasteiger partial charge in [0.1, 0.15) is 13.2 Å². The van der Waals surface area contributed by atoms with E-state index in [9.17, 15) is 14.4 Å². The lowest BCUT2D eigenvalue weighted by atomic mass is 10.0. The molecule has 6 nitrogen and oxygen atoms in total. The zero-order chi connectivity index (χ0) is 45.8. The molecule has 0 aliphatic heterocycles. The first-order valence-corrected chi connectivity index (χ1v) is 26.4. The van der Waals surface area contributed by atoms with E-state index < -0.39 is 6.10 Å². The second-order valence-corrected chi connectivity index (χ2v) is 17.4. The molecular weight excluding hydrogens is 781 g/mol. The highest BCUT2D eigenvalue weighted by molar-refractivity contribution is 5.71. The van der Waals surface area contributed by atoms with Gasteiger partial charge in [0.05, 0.1) is 0 Å². The van der Waals surface area contributed by atoms with E-state index in [1.807, 2.05) is 0 Å². The van der Waals surface area contributed by atoms with Gasteiger partial charge in [0.25, 0.3) is 0 Å². The number of carbonyl (C=O) groups is 3. The molecule has 0 saturated heterocycles. The van der Waals surface area contributed by atoms with Gasteiger partial charge in [-0.3, -0.25) is 14.4 Å². The van der Waals surface area contributed by atoms with Crippen molar-refractivity contribution in [1.29, 1.82) is 0 Å². The summed E-state index contributed by atoms with van der Waals surface area (Å²) in [6, 6.07) is 0. The fraction of sp³-hybridized carbons (Fsp3) is 0.737. The Morgan fingerprint density at radius 3 is 1.05 bits per heavy atom. The number of esters is 3. The van der Waals surface area contributed by atoms with Crippen molar-refractivity contribution in [2.24, 2.45) is 0 Å². The molecule has 0 heterocycles. The Morgan fingerprint density at radius 1 is 0.333 bits per heavy atom. The van der Waals surface area contributed by atoms with Crippen LogP contribution in [0.25, 0.3) is 0 Å². The van der Waals surface area contributed by atoms with Gasteiger partial charge in [-0.2, -0.15) is 0 Å². The Balaban J connectivity index is 4.45. The van der Waals surface area contributed by atoms with Gasteiger partial charge in [-0.15, -0.1) is 0 Å². The number of carbonyl (C=O) groups excluding carboxylic acids is 3. The third kappa shape index (κ3) is 49.7. The van der Waals surface area contributed by atoms with Crippen molar-refractivity contribution in [1.82, 2.24) is 0 Å². The molecule has 0 aliphatic rings. The smallest absolute Gasteiger partial charge is 0.306 e. The highest BCUT2D eigenvalue weighted by Crippen LogP contribution is 2.15. The Hall–Kier alpha value is -3.15. The van der Waals surface area contributed by atoms with Crippen molar-refractivity contribution in [3.63, 3.8) is 0 Å². The third-order valence-electron chi connectivity index (χ3n) is 11.2. The molecule has 0 aromatic rings. The Labute approximate surface area is 389 Å². The summed E-state index contributed by atoms with van der Waals surface area (Å²) < 4.78 is 16.8. The van der Waals surface area contributed by atoms with Crippen LogP contribution in [0.3, 0.4) is 0 Å². The number of hydrogen-bond donors (Lipinski definition) is 0. The minimum absolute atomic E-state index is 0.0950. The van der Waals surface area contributed by atoms with Crippen LogP contribution in [-0.2, 0) is 28.6 Å². The molecule has 0 amide bonds. The van der Waals surface area contributed by atoms with Gasteiger partial charge in [0.15, 0.2) is 6.10 Å². The summed E-state index contributed by atoms with van der Waals surface area (Å²) in [6.45, 7) is 6.45. The van der Waals surface area contributed by atoms with Gasteiger partial charge in [-0.1, -0.05) is 222 Å². The molecular formula is C57H98O6. The van der Waals surface area contributed by atoms with Crippen LogP contribution in [0.15, 0.2) is 72.9 Å². The highest BCUT2D eigenvalue weighted by atomic mass is 16.6. The number of hydrogen-bond acceptors (Lipinski definition) is 6. The van der Waals surface area contributed by atoms with E-state index in [-0.39, 0.29) is 37.5 Å². The van der Waals surface area contributed by atoms with E-state index in [2.05, 4.69) is 93.7 Å². The molecule has 1 atom stereocenters. The van der Waals surface area contributed by atoms with Gasteiger partial charge in [-0.25, -0.2) is 0 Å². The minimum Gasteiger partial charge on any atom is -0.462 e. The largest absolute Gasteiger partial charge is 0.462 e. The molecule has 6 heteroatoms. The van der Waals surface area contributed by atoms with Gasteiger partial charge >= 0.3 is 17.9 Å². The monoisotopic (exact) mass is 879 g/mol. The zero-order valence-electron chi connectivity index (χ0n) is 41.3. The van der Waals surface area contributed by atoms with Crippen molar-refractivity contribution in [2.75, 3.05) is 13.2 Å². The van der Waals surface area contributed by atoms with Gasteiger partial charge in [0.2, 0.25) is 0 Å². The maximum absolute atomic E-state index is 12.8. The molecule has 63 heavy (non-hydrogen) atoms. The fourth-order valence-corrected chi connectivity index (χ4v) is 7.21. The third-order valence-corrected chi connectivity index (χ3v) is 11.2. The second-order valence-electron chi connectivity index (χ2n) is 17.4. The molecule has 0 aliphatic carbocycles. The lowest BCUT2D eigenvalue weighted by Crippen LogP contribution is -2.30. The van der Waals surface area contributed by atoms with Crippen molar-refractivity contribution >= 4 is 17.9 Å². The first-order valence-electron chi connectivity index (χ1n) is 26.4. The fourth-order valence-electron chi connectivity index (χ4n) is 7.21. The summed E-state index contributed by atoms with van der Waals surface area (Å²) in [5, 5.41) is 0. The van der Waals surface area contributed by atoms with Gasteiger partial charge in [0, 0.05) is 19.3 Å². The number of ether oxygens (including phenoxy) is 3. The Kier molecular flexibility index (Phi) is 48.9. The van der Waals surface area contributed by atoms with Crippen molar-refractivity contribution < 1.29 is 28.6 Å². The number of rotatable bonds is 47. The van der Waals surface area contributed by atoms with Crippen LogP contribution in [0.4, 0.5) is 0 Å². The van der Waals surface area contributed by atoms with E-state index in [0.29, 0.717) is 19.3 Å². The second kappa shape index (κ2) is 51.5. The predicted molar refractivity (Wildman–Crippen MR) is 270 cm³/mol. The molecule has 0 aromatic carbocycles. The first kappa shape index (κ1) is 59.9. The highest BCUT2D eigenvalue weighted by Gasteiger charge is 2.19. The quantitative estimate of drug-likeness (QED) is 0.0262. The van der Waals surface area contributed by atoms with Crippen molar-refractivity contribution in [2.45, 2.75) is 258 Å². The lowest BCUT2D eigenvalue weighted by Gasteiger charge is -2.18. The van der Waals surface area contributed by atoms with E-state index in [0.717, 1.165) is 103 Å². The molecule has 0 rings (SSSR count). The normalized spacial score (nSPS) is 12.6. The summed E-state index contributed by atoms with van der Waals surface area (Å²) in [6.07, 6.45) is 64.6. The van der Waals surface area contributed by atoms with Crippen molar-refractivity contribution in [3.05, 3.63) is 72.9 Å². The van der Waals surface area contributed by atoms with E-state index in [1.165, 1.54) is 103 Å². The zero-order valence-corrected chi connectivity index (χ0v) is 41.3. The van der Waals surface area contributed by atoms with Gasteiger partial charge < -0.3 is 14.2 Å². The van der Waals surface area contributed by atoms with Crippen LogP contribution in [0.5, 0.6) is 0 Å². The summed E-state index contributed by atoms with van der Waals surface area (Å²) in [7, 11) is 0. The van der Waals surface area contributed by atoms with Crippen LogP contribution in [0.2, 0.25) is 0 Å². The first-order chi connectivity index (χ1) is 31.0. The molecule has 0 radical (unpaired) electrons. The lowest BCUT2D eigenvalue weighted by molar-refractivity contribution is -0.167. The van der Waals surface area contributed by atoms with Crippen LogP contribution in [0, 0.1) is 0 Å². The average molecular weight is 879 g/mol. The summed E-state index contributed by atoms with van der Waals surface area (Å²) in [5.74, 6) is -0.947. The van der Waals surface area contributed by atoms with E-state index in [4.69, 9.17) is 14.2 Å². The molecule has 0 saturated carbocycles. The molecule has 0 spiro atoms. The minimum atomic E-state index is -0.801. The number of unbranched alkanes of at least 4 members (excludes halogenated alkanes) is 24. The van der Waals surface area contributed by atoms with Crippen LogP contribution in [-0.4, -0.2) is 37.2 Å². The maximum Gasteiger partial charge on any atom is 0.306 e. The van der Waals surface area contributed by atoms with Crippen LogP contribution < -0.4 is 0 Å². The summed E-state index contributed by atoms with van der Waals surface area (Å²) in [5.41, 5.74) is 0. The topological polar surface area (TPSA) is 78.9 Å². The van der Waals surface area contributed by atoms with Crippen LogP contribution >= 0.6 is 0 Å². The maximum atomic E-state index is 12.8. The molecule has 0 bridgehead atoms. The number of allylic oxidation sites excluding steroid dienone is 12. The SMILES string of the molecule is CC/C=C\C/C=C\C/C=C\C/C=C\CCCCC(=O)O[C@H](COC(=O)CCCCCCC/C=C\C/C=C\CCCC)COC(=O)CCCCCCCCCCCCCCCCCC. The molecule has 0 aromatic heterocycles. The Bertz CT molecular complexity index is 1190. The van der Waals surface area contributed by atoms with Crippen LogP contribution in [0.1, 0.15) is 252 Å². The summed E-state index contributed by atoms with van der Waals surface area (Å²) >= 11 is 0. The predicted octanol–water partition coefficient (Wildman–Crippen LogP) is 17.4. The molecule has 0 N–H and O–H groups in total. The van der Waals surface area contributed by atoms with E-state index >= 15 is 0 Å². The molecule has 0 unspecified atom stereocenters. The van der Waals surface area contributed by atoms with Crippen molar-refractivity contribution in [3.8, 4) is 0 Å². The van der Waals surface area contributed by atoms with E-state index in [1.54, 1.807) is 0 Å². The molecule has 0 fully saturated rings. The molecule has 362 valence electrons. The Morgan fingerprint density at radius 2 is 0.635 bits per heavy atom. The van der Waals surface area contributed by atoms with Gasteiger partial charge in [-0.05, 0) is 83.5 Å². The summed E-state index contributed by atoms with van der Waals surface area (Å²) in [4.78, 5) is 38.0.